The topological polar surface area (TPSA) is 50.1 Å². The standard InChI is InChI=1S/C14H25NO2/c1-2-3-4-5-6-7-8-9-10-13-17-14(16)11-12-15/h2-11,13H2,1H3. The van der Waals surface area contributed by atoms with Crippen molar-refractivity contribution in [2.24, 2.45) is 0 Å². The van der Waals surface area contributed by atoms with E-state index in [2.05, 4.69) is 6.92 Å². The first-order valence-electron chi connectivity index (χ1n) is 6.83. The monoisotopic (exact) mass is 239 g/mol. The highest BCUT2D eigenvalue weighted by Gasteiger charge is 1.99. The summed E-state index contributed by atoms with van der Waals surface area (Å²) in [7, 11) is 0. The maximum absolute atomic E-state index is 10.8. The highest BCUT2D eigenvalue weighted by Crippen LogP contribution is 2.09. The van der Waals surface area contributed by atoms with E-state index in [1.165, 1.54) is 44.9 Å². The van der Waals surface area contributed by atoms with E-state index >= 15 is 0 Å². The summed E-state index contributed by atoms with van der Waals surface area (Å²) in [4.78, 5) is 10.8. The molecule has 98 valence electrons. The summed E-state index contributed by atoms with van der Waals surface area (Å²) in [5.41, 5.74) is 0. The SMILES string of the molecule is CCCCCCCCCCCOC(=O)CC#N. The molecule has 0 spiro atoms. The molecule has 0 saturated carbocycles. The highest BCUT2D eigenvalue weighted by atomic mass is 16.5. The number of rotatable bonds is 11. The fourth-order valence-corrected chi connectivity index (χ4v) is 1.71. The van der Waals surface area contributed by atoms with Crippen molar-refractivity contribution in [1.82, 2.24) is 0 Å². The van der Waals surface area contributed by atoms with Crippen LogP contribution in [0.5, 0.6) is 0 Å². The van der Waals surface area contributed by atoms with Gasteiger partial charge in [-0.2, -0.15) is 5.26 Å². The zero-order valence-electron chi connectivity index (χ0n) is 11.0. The summed E-state index contributed by atoms with van der Waals surface area (Å²) in [6.07, 6.45) is 11.1. The Morgan fingerprint density at radius 2 is 1.53 bits per heavy atom. The van der Waals surface area contributed by atoms with Crippen LogP contribution in [0.4, 0.5) is 0 Å². The fourth-order valence-electron chi connectivity index (χ4n) is 1.71. The Hall–Kier alpha value is -1.04. The molecule has 0 aliphatic heterocycles. The quantitative estimate of drug-likeness (QED) is 0.405. The lowest BCUT2D eigenvalue weighted by atomic mass is 10.1. The first-order valence-corrected chi connectivity index (χ1v) is 6.83. The Balaban J connectivity index is 3.04. The van der Waals surface area contributed by atoms with E-state index in [1.54, 1.807) is 6.07 Å². The third-order valence-electron chi connectivity index (χ3n) is 2.73. The molecule has 0 atom stereocenters. The molecule has 0 fully saturated rings. The number of hydrogen-bond donors (Lipinski definition) is 0. The number of esters is 1. The second-order valence-corrected chi connectivity index (χ2v) is 4.38. The first kappa shape index (κ1) is 16.0. The molecule has 0 radical (unpaired) electrons. The summed E-state index contributed by atoms with van der Waals surface area (Å²) in [6.45, 7) is 2.70. The number of unbranched alkanes of at least 4 members (excludes halogenated alkanes) is 8. The summed E-state index contributed by atoms with van der Waals surface area (Å²) < 4.78 is 4.88. The lowest BCUT2D eigenvalue weighted by molar-refractivity contribution is -0.142. The Kier molecular flexibility index (Phi) is 12.2. The van der Waals surface area contributed by atoms with Crippen molar-refractivity contribution in [2.75, 3.05) is 6.61 Å². The van der Waals surface area contributed by atoms with Crippen LogP contribution in [0.25, 0.3) is 0 Å². The van der Waals surface area contributed by atoms with Gasteiger partial charge in [0.25, 0.3) is 0 Å². The molecule has 0 aliphatic carbocycles. The summed E-state index contributed by atoms with van der Waals surface area (Å²) in [5, 5.41) is 8.25. The summed E-state index contributed by atoms with van der Waals surface area (Å²) >= 11 is 0. The Labute approximate surface area is 105 Å². The molecule has 0 aliphatic rings. The van der Waals surface area contributed by atoms with Crippen LogP contribution in [0.1, 0.15) is 71.1 Å². The molecule has 0 N–H and O–H groups in total. The number of nitriles is 1. The maximum atomic E-state index is 10.8. The second-order valence-electron chi connectivity index (χ2n) is 4.38. The predicted octanol–water partition coefficient (Wildman–Crippen LogP) is 3.97. The van der Waals surface area contributed by atoms with Crippen molar-refractivity contribution in [1.29, 1.82) is 5.26 Å². The van der Waals surface area contributed by atoms with Gasteiger partial charge in [-0.1, -0.05) is 58.3 Å². The van der Waals surface area contributed by atoms with Gasteiger partial charge in [0.2, 0.25) is 0 Å². The lowest BCUT2D eigenvalue weighted by Gasteiger charge is -2.03. The number of carbonyl (C=O) groups is 1. The van der Waals surface area contributed by atoms with Crippen LogP contribution in [0.2, 0.25) is 0 Å². The van der Waals surface area contributed by atoms with Crippen LogP contribution in [0, 0.1) is 11.3 Å². The fraction of sp³-hybridized carbons (Fsp3) is 0.857. The van der Waals surface area contributed by atoms with Crippen molar-refractivity contribution in [2.45, 2.75) is 71.1 Å². The first-order chi connectivity index (χ1) is 8.31. The van der Waals surface area contributed by atoms with Gasteiger partial charge in [0.15, 0.2) is 0 Å². The molecule has 0 aromatic carbocycles. The Morgan fingerprint density at radius 3 is 2.06 bits per heavy atom. The van der Waals surface area contributed by atoms with Gasteiger partial charge in [-0.25, -0.2) is 0 Å². The zero-order chi connectivity index (χ0) is 12.8. The average Bonchev–Trinajstić information content (AvgIpc) is 2.32. The third kappa shape index (κ3) is 12.9. The van der Waals surface area contributed by atoms with Crippen LogP contribution in [0.3, 0.4) is 0 Å². The molecule has 0 rings (SSSR count). The van der Waals surface area contributed by atoms with Crippen LogP contribution in [-0.4, -0.2) is 12.6 Å². The van der Waals surface area contributed by atoms with Gasteiger partial charge >= 0.3 is 5.97 Å². The number of ether oxygens (including phenoxy) is 1. The van der Waals surface area contributed by atoms with Crippen molar-refractivity contribution < 1.29 is 9.53 Å². The van der Waals surface area contributed by atoms with Crippen molar-refractivity contribution in [3.8, 4) is 6.07 Å². The molecule has 0 aromatic rings. The van der Waals surface area contributed by atoms with Gasteiger partial charge in [-0.05, 0) is 6.42 Å². The van der Waals surface area contributed by atoms with Crippen LogP contribution >= 0.6 is 0 Å². The zero-order valence-corrected chi connectivity index (χ0v) is 11.0. The smallest absolute Gasteiger partial charge is 0.320 e. The molecule has 3 heteroatoms. The molecule has 0 saturated heterocycles. The van der Waals surface area contributed by atoms with Gasteiger partial charge < -0.3 is 4.74 Å². The minimum Gasteiger partial charge on any atom is -0.465 e. The van der Waals surface area contributed by atoms with E-state index in [-0.39, 0.29) is 6.42 Å². The van der Waals surface area contributed by atoms with E-state index in [0.29, 0.717) is 6.61 Å². The summed E-state index contributed by atoms with van der Waals surface area (Å²) in [5.74, 6) is -0.396. The van der Waals surface area contributed by atoms with E-state index in [1.807, 2.05) is 0 Å². The van der Waals surface area contributed by atoms with Gasteiger partial charge in [0.05, 0.1) is 12.7 Å². The van der Waals surface area contributed by atoms with E-state index in [4.69, 9.17) is 10.00 Å². The largest absolute Gasteiger partial charge is 0.465 e. The molecule has 0 bridgehead atoms. The number of hydrogen-bond acceptors (Lipinski definition) is 3. The number of carbonyl (C=O) groups excluding carboxylic acids is 1. The lowest BCUT2D eigenvalue weighted by Crippen LogP contribution is -2.04. The summed E-state index contributed by atoms with van der Waals surface area (Å²) in [6, 6.07) is 1.78. The molecule has 0 aromatic heterocycles. The highest BCUT2D eigenvalue weighted by molar-refractivity contribution is 5.71. The molecule has 17 heavy (non-hydrogen) atoms. The molecule has 0 unspecified atom stereocenters. The van der Waals surface area contributed by atoms with Crippen molar-refractivity contribution >= 4 is 5.97 Å². The molecule has 0 amide bonds. The van der Waals surface area contributed by atoms with Crippen LogP contribution < -0.4 is 0 Å². The van der Waals surface area contributed by atoms with Crippen molar-refractivity contribution in [3.05, 3.63) is 0 Å². The van der Waals surface area contributed by atoms with Gasteiger partial charge in [0.1, 0.15) is 6.42 Å². The van der Waals surface area contributed by atoms with E-state index in [9.17, 15) is 4.79 Å². The molecular weight excluding hydrogens is 214 g/mol. The Bertz CT molecular complexity index is 221. The molecular formula is C14H25NO2. The van der Waals surface area contributed by atoms with Gasteiger partial charge in [-0.3, -0.25) is 4.79 Å². The maximum Gasteiger partial charge on any atom is 0.320 e. The Morgan fingerprint density at radius 1 is 1.00 bits per heavy atom. The van der Waals surface area contributed by atoms with Crippen molar-refractivity contribution in [3.63, 3.8) is 0 Å². The predicted molar refractivity (Wildman–Crippen MR) is 68.4 cm³/mol. The average molecular weight is 239 g/mol. The van der Waals surface area contributed by atoms with E-state index < -0.39 is 5.97 Å². The third-order valence-corrected chi connectivity index (χ3v) is 2.73. The van der Waals surface area contributed by atoms with Gasteiger partial charge in [0, 0.05) is 0 Å². The van der Waals surface area contributed by atoms with E-state index in [0.717, 1.165) is 12.8 Å². The van der Waals surface area contributed by atoms with Crippen LogP contribution in [-0.2, 0) is 9.53 Å². The molecule has 0 heterocycles. The van der Waals surface area contributed by atoms with Crippen LogP contribution in [0.15, 0.2) is 0 Å². The van der Waals surface area contributed by atoms with Gasteiger partial charge in [-0.15, -0.1) is 0 Å². The minimum absolute atomic E-state index is 0.128. The number of nitrogens with zero attached hydrogens (tertiary/aromatic N) is 1. The second kappa shape index (κ2) is 13.0. The molecule has 3 nitrogen and oxygen atoms in total. The normalized spacial score (nSPS) is 9.88. The minimum atomic E-state index is -0.396.